The number of nitro benzene ring substituents is 1. The molecule has 0 N–H and O–H groups in total. The van der Waals surface area contributed by atoms with Gasteiger partial charge >= 0.3 is 5.69 Å². The maximum atomic E-state index is 10.7. The molecule has 0 atom stereocenters. The number of hydrogen-bond donors (Lipinski definition) is 0. The lowest BCUT2D eigenvalue weighted by Gasteiger charge is -2.05. The van der Waals surface area contributed by atoms with Gasteiger partial charge in [0, 0.05) is 13.2 Å². The van der Waals surface area contributed by atoms with E-state index in [0.29, 0.717) is 6.61 Å². The van der Waals surface area contributed by atoms with Crippen LogP contribution in [0, 0.1) is 21.4 Å². The smallest absolute Gasteiger partial charge is 0.312 e. The van der Waals surface area contributed by atoms with Gasteiger partial charge in [-0.15, -0.1) is 0 Å². The van der Waals surface area contributed by atoms with Crippen molar-refractivity contribution in [2.75, 3.05) is 20.3 Å². The minimum absolute atomic E-state index is 0.140. The van der Waals surface area contributed by atoms with Gasteiger partial charge in [0.25, 0.3) is 0 Å². The van der Waals surface area contributed by atoms with Crippen LogP contribution in [-0.2, 0) is 4.74 Å². The average molecular weight is 222 g/mol. The molecular weight excluding hydrogens is 212 g/mol. The molecule has 0 unspecified atom stereocenters. The zero-order valence-corrected chi connectivity index (χ0v) is 8.67. The van der Waals surface area contributed by atoms with E-state index in [0.717, 1.165) is 0 Å². The first-order valence-electron chi connectivity index (χ1n) is 4.49. The number of hydrogen-bond acceptors (Lipinski definition) is 5. The first kappa shape index (κ1) is 11.9. The highest BCUT2D eigenvalue weighted by atomic mass is 16.6. The Morgan fingerprint density at radius 1 is 1.50 bits per heavy atom. The van der Waals surface area contributed by atoms with E-state index in [1.165, 1.54) is 25.3 Å². The maximum Gasteiger partial charge on any atom is 0.312 e. The second kappa shape index (κ2) is 5.68. The van der Waals surface area contributed by atoms with Gasteiger partial charge in [-0.05, 0) is 12.1 Å². The van der Waals surface area contributed by atoms with E-state index in [1.807, 2.05) is 6.07 Å². The second-order valence-corrected chi connectivity index (χ2v) is 2.89. The first-order chi connectivity index (χ1) is 7.69. The Morgan fingerprint density at radius 2 is 2.25 bits per heavy atom. The van der Waals surface area contributed by atoms with E-state index in [1.54, 1.807) is 0 Å². The molecule has 0 saturated heterocycles. The van der Waals surface area contributed by atoms with Gasteiger partial charge in [0.15, 0.2) is 5.75 Å². The average Bonchev–Trinajstić information content (AvgIpc) is 2.29. The van der Waals surface area contributed by atoms with E-state index in [-0.39, 0.29) is 23.6 Å². The minimum atomic E-state index is -0.580. The highest BCUT2D eigenvalue weighted by Crippen LogP contribution is 2.27. The van der Waals surface area contributed by atoms with Crippen LogP contribution < -0.4 is 4.74 Å². The molecule has 1 aromatic rings. The van der Waals surface area contributed by atoms with Crippen LogP contribution in [0.15, 0.2) is 18.2 Å². The lowest BCUT2D eigenvalue weighted by Crippen LogP contribution is -2.06. The molecule has 0 bridgehead atoms. The SMILES string of the molecule is COCCOc1ccc(C#N)cc1[N+](=O)[O-]. The number of ether oxygens (including phenoxy) is 2. The van der Waals surface area contributed by atoms with Gasteiger partial charge in [0.05, 0.1) is 23.2 Å². The zero-order valence-electron chi connectivity index (χ0n) is 8.67. The van der Waals surface area contributed by atoms with Crippen molar-refractivity contribution >= 4 is 5.69 Å². The second-order valence-electron chi connectivity index (χ2n) is 2.89. The topological polar surface area (TPSA) is 85.4 Å². The van der Waals surface area contributed by atoms with Gasteiger partial charge in [-0.1, -0.05) is 0 Å². The van der Waals surface area contributed by atoms with E-state index in [9.17, 15) is 10.1 Å². The van der Waals surface area contributed by atoms with Gasteiger partial charge in [-0.25, -0.2) is 0 Å². The van der Waals surface area contributed by atoms with Crippen molar-refractivity contribution < 1.29 is 14.4 Å². The van der Waals surface area contributed by atoms with Gasteiger partial charge in [-0.2, -0.15) is 5.26 Å². The fraction of sp³-hybridized carbons (Fsp3) is 0.300. The van der Waals surface area contributed by atoms with E-state index in [2.05, 4.69) is 0 Å². The van der Waals surface area contributed by atoms with Crippen LogP contribution in [0.1, 0.15) is 5.56 Å². The Hall–Kier alpha value is -2.13. The van der Waals surface area contributed by atoms with Crippen LogP contribution in [0.5, 0.6) is 5.75 Å². The molecule has 0 fully saturated rings. The molecule has 1 rings (SSSR count). The Kier molecular flexibility index (Phi) is 4.24. The third-order valence-electron chi connectivity index (χ3n) is 1.83. The summed E-state index contributed by atoms with van der Waals surface area (Å²) < 4.78 is 9.92. The fourth-order valence-electron chi connectivity index (χ4n) is 1.09. The van der Waals surface area contributed by atoms with Crippen molar-refractivity contribution in [2.24, 2.45) is 0 Å². The monoisotopic (exact) mass is 222 g/mol. The molecule has 0 aliphatic heterocycles. The molecule has 6 nitrogen and oxygen atoms in total. The Balaban J connectivity index is 2.91. The van der Waals surface area contributed by atoms with Crippen molar-refractivity contribution in [3.05, 3.63) is 33.9 Å². The summed E-state index contributed by atoms with van der Waals surface area (Å²) in [4.78, 5) is 10.1. The highest BCUT2D eigenvalue weighted by Gasteiger charge is 2.15. The van der Waals surface area contributed by atoms with Crippen LogP contribution in [0.3, 0.4) is 0 Å². The molecule has 0 radical (unpaired) electrons. The third-order valence-corrected chi connectivity index (χ3v) is 1.83. The number of nitrogens with zero attached hydrogens (tertiary/aromatic N) is 2. The van der Waals surface area contributed by atoms with Gasteiger partial charge in [-0.3, -0.25) is 10.1 Å². The standard InChI is InChI=1S/C10H10N2O4/c1-15-4-5-16-10-3-2-8(7-11)6-9(10)12(13)14/h2-3,6H,4-5H2,1H3. The van der Waals surface area contributed by atoms with E-state index < -0.39 is 4.92 Å². The molecule has 0 amide bonds. The summed E-state index contributed by atoms with van der Waals surface area (Å²) in [6, 6.07) is 5.89. The highest BCUT2D eigenvalue weighted by molar-refractivity contribution is 5.51. The Morgan fingerprint density at radius 3 is 2.81 bits per heavy atom. The number of nitriles is 1. The zero-order chi connectivity index (χ0) is 12.0. The van der Waals surface area contributed by atoms with Crippen molar-refractivity contribution in [3.63, 3.8) is 0 Å². The van der Waals surface area contributed by atoms with Crippen molar-refractivity contribution in [3.8, 4) is 11.8 Å². The molecule has 84 valence electrons. The quantitative estimate of drug-likeness (QED) is 0.428. The molecule has 0 heterocycles. The van der Waals surface area contributed by atoms with Gasteiger partial charge in [0.1, 0.15) is 6.61 Å². The summed E-state index contributed by atoms with van der Waals surface area (Å²) in [6.07, 6.45) is 0. The summed E-state index contributed by atoms with van der Waals surface area (Å²) in [5.41, 5.74) is 0.0148. The van der Waals surface area contributed by atoms with Crippen molar-refractivity contribution in [1.82, 2.24) is 0 Å². The summed E-state index contributed by atoms with van der Waals surface area (Å²) in [6.45, 7) is 0.570. The van der Waals surface area contributed by atoms with Crippen LogP contribution in [0.2, 0.25) is 0 Å². The summed E-state index contributed by atoms with van der Waals surface area (Å²) in [7, 11) is 1.51. The summed E-state index contributed by atoms with van der Waals surface area (Å²) in [5, 5.41) is 19.3. The predicted molar refractivity (Wildman–Crippen MR) is 55.2 cm³/mol. The number of nitro groups is 1. The fourth-order valence-corrected chi connectivity index (χ4v) is 1.09. The Labute approximate surface area is 92.2 Å². The van der Waals surface area contributed by atoms with Gasteiger partial charge < -0.3 is 9.47 Å². The van der Waals surface area contributed by atoms with Crippen LogP contribution >= 0.6 is 0 Å². The minimum Gasteiger partial charge on any atom is -0.484 e. The number of rotatable bonds is 5. The number of methoxy groups -OCH3 is 1. The molecule has 1 aromatic carbocycles. The molecular formula is C10H10N2O4. The lowest BCUT2D eigenvalue weighted by molar-refractivity contribution is -0.385. The third kappa shape index (κ3) is 2.93. The maximum absolute atomic E-state index is 10.7. The van der Waals surface area contributed by atoms with Crippen LogP contribution in [0.4, 0.5) is 5.69 Å². The van der Waals surface area contributed by atoms with E-state index >= 15 is 0 Å². The lowest BCUT2D eigenvalue weighted by atomic mass is 10.2. The molecule has 0 aromatic heterocycles. The molecule has 6 heteroatoms. The molecule has 0 spiro atoms. The summed E-state index contributed by atoms with van der Waals surface area (Å²) in [5.74, 6) is 0.140. The van der Waals surface area contributed by atoms with Crippen LogP contribution in [0.25, 0.3) is 0 Å². The first-order valence-corrected chi connectivity index (χ1v) is 4.49. The van der Waals surface area contributed by atoms with Crippen molar-refractivity contribution in [2.45, 2.75) is 0 Å². The molecule has 0 saturated carbocycles. The largest absolute Gasteiger partial charge is 0.484 e. The summed E-state index contributed by atoms with van der Waals surface area (Å²) >= 11 is 0. The van der Waals surface area contributed by atoms with Crippen LogP contribution in [-0.4, -0.2) is 25.2 Å². The molecule has 16 heavy (non-hydrogen) atoms. The van der Waals surface area contributed by atoms with E-state index in [4.69, 9.17) is 14.7 Å². The Bertz CT molecular complexity index is 425. The van der Waals surface area contributed by atoms with Crippen molar-refractivity contribution in [1.29, 1.82) is 5.26 Å². The molecule has 0 aliphatic rings. The normalized spacial score (nSPS) is 9.50. The number of benzene rings is 1. The molecule has 0 aliphatic carbocycles. The predicted octanol–water partition coefficient (Wildman–Crippen LogP) is 1.49. The van der Waals surface area contributed by atoms with Gasteiger partial charge in [0.2, 0.25) is 0 Å².